The first-order chi connectivity index (χ1) is 7.81. The molecule has 1 nitrogen and oxygen atoms in total. The molecule has 0 aliphatic heterocycles. The van der Waals surface area contributed by atoms with Crippen molar-refractivity contribution < 1.29 is 4.79 Å². The number of carbonyl (C=O) groups is 1. The van der Waals surface area contributed by atoms with E-state index in [-0.39, 0.29) is 5.92 Å². The second-order valence-electron chi connectivity index (χ2n) is 5.29. The molecule has 16 heavy (non-hydrogen) atoms. The molecule has 0 unspecified atom stereocenters. The molecule has 0 saturated heterocycles. The molecule has 0 amide bonds. The van der Waals surface area contributed by atoms with Crippen LogP contribution in [-0.2, 0) is 4.79 Å². The fourth-order valence-electron chi connectivity index (χ4n) is 3.78. The number of hydrogen-bond acceptors (Lipinski definition) is 1. The van der Waals surface area contributed by atoms with Crippen molar-refractivity contribution in [3.8, 4) is 0 Å². The SMILES string of the molecule is C=C[C@H]1C[C@H]2/C=C\CCCC3=CC(=O)[C@@H]1[C@H]32. The monoisotopic (exact) mass is 214 g/mol. The lowest BCUT2D eigenvalue weighted by molar-refractivity contribution is -0.118. The van der Waals surface area contributed by atoms with Crippen molar-refractivity contribution in [2.24, 2.45) is 23.7 Å². The second-order valence-corrected chi connectivity index (χ2v) is 5.29. The fourth-order valence-corrected chi connectivity index (χ4v) is 3.78. The van der Waals surface area contributed by atoms with Crippen LogP contribution in [0.15, 0.2) is 36.5 Å². The van der Waals surface area contributed by atoms with Crippen LogP contribution in [0.5, 0.6) is 0 Å². The average molecular weight is 214 g/mol. The van der Waals surface area contributed by atoms with Gasteiger partial charge in [0.2, 0.25) is 0 Å². The molecule has 3 aliphatic carbocycles. The third-order valence-electron chi connectivity index (χ3n) is 4.46. The first-order valence-corrected chi connectivity index (χ1v) is 6.35. The first kappa shape index (κ1) is 10.1. The van der Waals surface area contributed by atoms with Crippen molar-refractivity contribution in [3.05, 3.63) is 36.5 Å². The third-order valence-corrected chi connectivity index (χ3v) is 4.46. The summed E-state index contributed by atoms with van der Waals surface area (Å²) in [6, 6.07) is 0. The van der Waals surface area contributed by atoms with Gasteiger partial charge in [-0.1, -0.05) is 23.8 Å². The quantitative estimate of drug-likeness (QED) is 0.612. The smallest absolute Gasteiger partial charge is 0.159 e. The Kier molecular flexibility index (Phi) is 2.34. The summed E-state index contributed by atoms with van der Waals surface area (Å²) in [5.74, 6) is 2.08. The number of rotatable bonds is 1. The van der Waals surface area contributed by atoms with Gasteiger partial charge in [0.05, 0.1) is 0 Å². The van der Waals surface area contributed by atoms with Gasteiger partial charge in [0.25, 0.3) is 0 Å². The van der Waals surface area contributed by atoms with Crippen LogP contribution in [0.25, 0.3) is 0 Å². The van der Waals surface area contributed by atoms with Crippen LogP contribution in [0, 0.1) is 23.7 Å². The van der Waals surface area contributed by atoms with Gasteiger partial charge >= 0.3 is 0 Å². The van der Waals surface area contributed by atoms with Crippen LogP contribution >= 0.6 is 0 Å². The van der Waals surface area contributed by atoms with Crippen LogP contribution in [-0.4, -0.2) is 5.78 Å². The van der Waals surface area contributed by atoms with Gasteiger partial charge in [0, 0.05) is 5.92 Å². The Balaban J connectivity index is 2.00. The molecule has 0 bridgehead atoms. The lowest BCUT2D eigenvalue weighted by Gasteiger charge is -2.21. The normalized spacial score (nSPS) is 43.2. The summed E-state index contributed by atoms with van der Waals surface area (Å²) in [6.45, 7) is 3.90. The van der Waals surface area contributed by atoms with E-state index in [2.05, 4.69) is 18.7 Å². The Hall–Kier alpha value is -1.11. The molecule has 0 heterocycles. The van der Waals surface area contributed by atoms with Gasteiger partial charge in [0.15, 0.2) is 5.78 Å². The van der Waals surface area contributed by atoms with Crippen molar-refractivity contribution in [2.45, 2.75) is 25.7 Å². The highest BCUT2D eigenvalue weighted by Gasteiger charge is 2.48. The molecule has 1 heteroatoms. The Bertz CT molecular complexity index is 388. The maximum atomic E-state index is 12.0. The zero-order chi connectivity index (χ0) is 11.1. The van der Waals surface area contributed by atoms with E-state index >= 15 is 0 Å². The number of hydrogen-bond donors (Lipinski definition) is 0. The molecule has 0 radical (unpaired) electrons. The Morgan fingerprint density at radius 1 is 1.38 bits per heavy atom. The molecular formula is C15H18O. The van der Waals surface area contributed by atoms with E-state index in [4.69, 9.17) is 0 Å². The van der Waals surface area contributed by atoms with Gasteiger partial charge < -0.3 is 0 Å². The van der Waals surface area contributed by atoms with Crippen molar-refractivity contribution in [2.75, 3.05) is 0 Å². The Morgan fingerprint density at radius 3 is 3.06 bits per heavy atom. The molecule has 3 aliphatic rings. The molecular weight excluding hydrogens is 196 g/mol. The van der Waals surface area contributed by atoms with Gasteiger partial charge in [-0.2, -0.15) is 0 Å². The van der Waals surface area contributed by atoms with Gasteiger partial charge in [-0.05, 0) is 49.5 Å². The van der Waals surface area contributed by atoms with E-state index in [0.717, 1.165) is 19.3 Å². The van der Waals surface area contributed by atoms with Crippen LogP contribution < -0.4 is 0 Å². The van der Waals surface area contributed by atoms with E-state index in [1.54, 1.807) is 0 Å². The molecule has 1 fully saturated rings. The number of ketones is 1. The molecule has 0 N–H and O–H groups in total. The average Bonchev–Trinajstić information content (AvgIpc) is 2.74. The highest BCUT2D eigenvalue weighted by atomic mass is 16.1. The van der Waals surface area contributed by atoms with E-state index < -0.39 is 0 Å². The highest BCUT2D eigenvalue weighted by Crippen LogP contribution is 2.52. The minimum Gasteiger partial charge on any atom is -0.295 e. The summed E-state index contributed by atoms with van der Waals surface area (Å²) in [7, 11) is 0. The van der Waals surface area contributed by atoms with Crippen molar-refractivity contribution >= 4 is 5.78 Å². The topological polar surface area (TPSA) is 17.1 Å². The Labute approximate surface area is 96.9 Å². The predicted molar refractivity (Wildman–Crippen MR) is 64.9 cm³/mol. The van der Waals surface area contributed by atoms with Gasteiger partial charge in [0.1, 0.15) is 0 Å². The fraction of sp³-hybridized carbons (Fsp3) is 0.533. The second kappa shape index (κ2) is 3.73. The minimum atomic E-state index is 0.222. The maximum Gasteiger partial charge on any atom is 0.159 e. The van der Waals surface area contributed by atoms with E-state index in [1.807, 2.05) is 12.2 Å². The van der Waals surface area contributed by atoms with Gasteiger partial charge in [-0.25, -0.2) is 0 Å². The molecule has 0 spiro atoms. The zero-order valence-corrected chi connectivity index (χ0v) is 9.56. The summed E-state index contributed by atoms with van der Waals surface area (Å²) in [5.41, 5.74) is 1.42. The molecule has 0 aromatic rings. The Morgan fingerprint density at radius 2 is 2.25 bits per heavy atom. The van der Waals surface area contributed by atoms with E-state index in [9.17, 15) is 4.79 Å². The molecule has 84 valence electrons. The van der Waals surface area contributed by atoms with Crippen LogP contribution in [0.3, 0.4) is 0 Å². The summed E-state index contributed by atoms with van der Waals surface area (Å²) in [6.07, 6.45) is 13.2. The van der Waals surface area contributed by atoms with E-state index in [1.165, 1.54) is 12.0 Å². The van der Waals surface area contributed by atoms with Crippen molar-refractivity contribution in [1.29, 1.82) is 0 Å². The predicted octanol–water partition coefficient (Wildman–Crippen LogP) is 3.29. The molecule has 0 aromatic heterocycles. The van der Waals surface area contributed by atoms with Gasteiger partial charge in [-0.15, -0.1) is 6.58 Å². The third kappa shape index (κ3) is 1.34. The lowest BCUT2D eigenvalue weighted by Crippen LogP contribution is -2.19. The summed E-state index contributed by atoms with van der Waals surface area (Å²) < 4.78 is 0. The first-order valence-electron chi connectivity index (χ1n) is 6.35. The lowest BCUT2D eigenvalue weighted by atomic mass is 9.82. The van der Waals surface area contributed by atoms with Gasteiger partial charge in [-0.3, -0.25) is 4.79 Å². The number of allylic oxidation sites excluding steroid dienone is 5. The molecule has 0 aromatic carbocycles. The zero-order valence-electron chi connectivity index (χ0n) is 9.56. The highest BCUT2D eigenvalue weighted by molar-refractivity contribution is 5.96. The molecule has 3 rings (SSSR count). The summed E-state index contributed by atoms with van der Waals surface area (Å²) in [4.78, 5) is 12.0. The maximum absolute atomic E-state index is 12.0. The van der Waals surface area contributed by atoms with Crippen LogP contribution in [0.4, 0.5) is 0 Å². The molecule has 4 atom stereocenters. The largest absolute Gasteiger partial charge is 0.295 e. The van der Waals surface area contributed by atoms with E-state index in [0.29, 0.717) is 23.5 Å². The standard InChI is InChI=1S/C15H18O/c1-2-10-8-11-6-4-3-5-7-12-9-13(16)15(10)14(11)12/h2,4,6,9-11,14-15H,1,3,5,7-8H2/b6-4-/t10-,11+,14-,15+/m0/s1. The van der Waals surface area contributed by atoms with Crippen molar-refractivity contribution in [1.82, 2.24) is 0 Å². The molecule has 1 saturated carbocycles. The van der Waals surface area contributed by atoms with Crippen LogP contribution in [0.1, 0.15) is 25.7 Å². The number of carbonyl (C=O) groups excluding carboxylic acids is 1. The van der Waals surface area contributed by atoms with Crippen molar-refractivity contribution in [3.63, 3.8) is 0 Å². The minimum absolute atomic E-state index is 0.222. The summed E-state index contributed by atoms with van der Waals surface area (Å²) in [5, 5.41) is 0. The summed E-state index contributed by atoms with van der Waals surface area (Å²) >= 11 is 0. The van der Waals surface area contributed by atoms with Crippen LogP contribution in [0.2, 0.25) is 0 Å².